The Labute approximate surface area is 115 Å². The molecule has 1 aliphatic rings. The molecule has 5 heteroatoms. The summed E-state index contributed by atoms with van der Waals surface area (Å²) in [5, 5.41) is 7.51. The van der Waals surface area contributed by atoms with Gasteiger partial charge in [0, 0.05) is 25.6 Å². The molecule has 1 aromatic heterocycles. The molecule has 0 spiro atoms. The van der Waals surface area contributed by atoms with Gasteiger partial charge in [0.1, 0.15) is 0 Å². The van der Waals surface area contributed by atoms with E-state index in [1.807, 2.05) is 0 Å². The van der Waals surface area contributed by atoms with Gasteiger partial charge in [-0.2, -0.15) is 4.98 Å². The molecule has 0 saturated carbocycles. The maximum absolute atomic E-state index is 5.34. The molecule has 1 saturated heterocycles. The number of aryl methyl sites for hydroxylation is 1. The normalized spacial score (nSPS) is 16.9. The van der Waals surface area contributed by atoms with Gasteiger partial charge in [-0.05, 0) is 31.0 Å². The van der Waals surface area contributed by atoms with Crippen LogP contribution in [0.5, 0.6) is 0 Å². The van der Waals surface area contributed by atoms with Crippen LogP contribution in [0.4, 0.5) is 5.95 Å². The van der Waals surface area contributed by atoms with Crippen LogP contribution in [0.25, 0.3) is 0 Å². The zero-order valence-electron chi connectivity index (χ0n) is 12.2. The van der Waals surface area contributed by atoms with E-state index in [1.54, 1.807) is 0 Å². The number of anilines is 1. The molecular weight excluding hydrogens is 240 g/mol. The largest absolute Gasteiger partial charge is 0.338 e. The summed E-state index contributed by atoms with van der Waals surface area (Å²) in [6.45, 7) is 7.44. The fourth-order valence-electron chi connectivity index (χ4n) is 2.38. The molecule has 0 amide bonds. The Morgan fingerprint density at radius 1 is 1.21 bits per heavy atom. The van der Waals surface area contributed by atoms with Crippen LogP contribution in [0.1, 0.15) is 51.8 Å². The van der Waals surface area contributed by atoms with Crippen LogP contribution in [0.2, 0.25) is 0 Å². The lowest BCUT2D eigenvalue weighted by Gasteiger charge is -2.16. The third-order valence-electron chi connectivity index (χ3n) is 3.47. The quantitative estimate of drug-likeness (QED) is 0.801. The van der Waals surface area contributed by atoms with Crippen molar-refractivity contribution in [3.63, 3.8) is 0 Å². The third-order valence-corrected chi connectivity index (χ3v) is 3.47. The first-order chi connectivity index (χ1) is 9.25. The number of hydrogen-bond donors (Lipinski definition) is 1. The number of hydrogen-bond acceptors (Lipinski definition) is 5. The van der Waals surface area contributed by atoms with Gasteiger partial charge in [-0.1, -0.05) is 26.7 Å². The van der Waals surface area contributed by atoms with Crippen LogP contribution in [0.15, 0.2) is 4.52 Å². The van der Waals surface area contributed by atoms with Crippen molar-refractivity contribution in [1.29, 1.82) is 0 Å². The molecule has 1 N–H and O–H groups in total. The molecule has 0 aromatic carbocycles. The lowest BCUT2D eigenvalue weighted by Crippen LogP contribution is -2.25. The van der Waals surface area contributed by atoms with Crippen molar-refractivity contribution in [2.45, 2.75) is 58.4 Å². The second-order valence-corrected chi connectivity index (χ2v) is 5.60. The smallest absolute Gasteiger partial charge is 0.266 e. The van der Waals surface area contributed by atoms with Gasteiger partial charge < -0.3 is 14.7 Å². The van der Waals surface area contributed by atoms with Crippen molar-refractivity contribution < 1.29 is 4.52 Å². The second kappa shape index (κ2) is 7.48. The van der Waals surface area contributed by atoms with E-state index in [4.69, 9.17) is 4.52 Å². The molecular formula is C14H26N4O. The van der Waals surface area contributed by atoms with E-state index in [1.165, 1.54) is 25.7 Å². The van der Waals surface area contributed by atoms with Crippen LogP contribution in [0.3, 0.4) is 0 Å². The first-order valence-corrected chi connectivity index (χ1v) is 7.56. The molecule has 0 radical (unpaired) electrons. The number of nitrogens with one attached hydrogen (secondary N) is 1. The highest BCUT2D eigenvalue weighted by molar-refractivity contribution is 5.27. The van der Waals surface area contributed by atoms with Gasteiger partial charge in [-0.3, -0.25) is 0 Å². The predicted octanol–water partition coefficient (Wildman–Crippen LogP) is 2.38. The maximum atomic E-state index is 5.34. The van der Waals surface area contributed by atoms with Gasteiger partial charge in [-0.25, -0.2) is 0 Å². The minimum Gasteiger partial charge on any atom is -0.338 e. The average Bonchev–Trinajstić information content (AvgIpc) is 2.68. The number of nitrogens with zero attached hydrogens (tertiary/aromatic N) is 3. The summed E-state index contributed by atoms with van der Waals surface area (Å²) in [6.07, 6.45) is 7.02. The summed E-state index contributed by atoms with van der Waals surface area (Å²) in [6, 6.07) is 0.537. The molecule has 2 rings (SSSR count). The molecule has 1 aromatic rings. The van der Waals surface area contributed by atoms with E-state index in [2.05, 4.69) is 34.2 Å². The maximum Gasteiger partial charge on any atom is 0.266 e. The van der Waals surface area contributed by atoms with Crippen molar-refractivity contribution in [3.05, 3.63) is 5.89 Å². The minimum absolute atomic E-state index is 0.537. The Hall–Kier alpha value is -1.10. The van der Waals surface area contributed by atoms with Crippen LogP contribution < -0.4 is 10.2 Å². The van der Waals surface area contributed by atoms with E-state index in [0.717, 1.165) is 44.3 Å². The highest BCUT2D eigenvalue weighted by atomic mass is 16.5. The summed E-state index contributed by atoms with van der Waals surface area (Å²) in [7, 11) is 0. The molecule has 0 atom stereocenters. The van der Waals surface area contributed by atoms with E-state index in [-0.39, 0.29) is 0 Å². The van der Waals surface area contributed by atoms with Crippen molar-refractivity contribution in [2.75, 3.05) is 24.5 Å². The van der Waals surface area contributed by atoms with E-state index in [0.29, 0.717) is 6.04 Å². The summed E-state index contributed by atoms with van der Waals surface area (Å²) in [5.74, 6) is 1.55. The zero-order valence-corrected chi connectivity index (χ0v) is 12.2. The SMILES string of the molecule is CC(C)NCCCc1nc(N2CCCCCC2)no1. The van der Waals surface area contributed by atoms with Crippen molar-refractivity contribution in [2.24, 2.45) is 0 Å². The molecule has 1 aliphatic heterocycles. The molecule has 108 valence electrons. The van der Waals surface area contributed by atoms with Crippen molar-refractivity contribution in [3.8, 4) is 0 Å². The Morgan fingerprint density at radius 2 is 1.95 bits per heavy atom. The van der Waals surface area contributed by atoms with Gasteiger partial charge in [0.15, 0.2) is 0 Å². The van der Waals surface area contributed by atoms with Crippen LogP contribution in [-0.2, 0) is 6.42 Å². The Balaban J connectivity index is 1.77. The molecule has 0 aliphatic carbocycles. The minimum atomic E-state index is 0.537. The van der Waals surface area contributed by atoms with Crippen LogP contribution >= 0.6 is 0 Å². The first kappa shape index (κ1) is 14.3. The predicted molar refractivity (Wildman–Crippen MR) is 76.4 cm³/mol. The lowest BCUT2D eigenvalue weighted by molar-refractivity contribution is 0.372. The molecule has 0 bridgehead atoms. The molecule has 19 heavy (non-hydrogen) atoms. The van der Waals surface area contributed by atoms with Gasteiger partial charge in [-0.15, -0.1) is 0 Å². The molecule has 2 heterocycles. The first-order valence-electron chi connectivity index (χ1n) is 7.56. The fraction of sp³-hybridized carbons (Fsp3) is 0.857. The molecule has 0 unspecified atom stereocenters. The zero-order chi connectivity index (χ0) is 13.5. The topological polar surface area (TPSA) is 54.2 Å². The van der Waals surface area contributed by atoms with Gasteiger partial charge in [0.25, 0.3) is 5.95 Å². The van der Waals surface area contributed by atoms with Crippen molar-refractivity contribution >= 4 is 5.95 Å². The summed E-state index contributed by atoms with van der Waals surface area (Å²) < 4.78 is 5.34. The monoisotopic (exact) mass is 266 g/mol. The van der Waals surface area contributed by atoms with E-state index >= 15 is 0 Å². The van der Waals surface area contributed by atoms with Gasteiger partial charge >= 0.3 is 0 Å². The van der Waals surface area contributed by atoms with E-state index < -0.39 is 0 Å². The summed E-state index contributed by atoms with van der Waals surface area (Å²) in [5.41, 5.74) is 0. The van der Waals surface area contributed by atoms with Crippen LogP contribution in [-0.4, -0.2) is 35.8 Å². The standard InChI is InChI=1S/C14H26N4O/c1-12(2)15-9-7-8-13-16-14(17-19-13)18-10-5-3-4-6-11-18/h12,15H,3-11H2,1-2H3. The average molecular weight is 266 g/mol. The highest BCUT2D eigenvalue weighted by Crippen LogP contribution is 2.16. The van der Waals surface area contributed by atoms with Crippen molar-refractivity contribution in [1.82, 2.24) is 15.5 Å². The van der Waals surface area contributed by atoms with E-state index in [9.17, 15) is 0 Å². The fourth-order valence-corrected chi connectivity index (χ4v) is 2.38. The highest BCUT2D eigenvalue weighted by Gasteiger charge is 2.15. The van der Waals surface area contributed by atoms with Gasteiger partial charge in [0.2, 0.25) is 5.89 Å². The third kappa shape index (κ3) is 4.82. The summed E-state index contributed by atoms with van der Waals surface area (Å²) >= 11 is 0. The number of rotatable bonds is 6. The summed E-state index contributed by atoms with van der Waals surface area (Å²) in [4.78, 5) is 6.77. The number of aromatic nitrogens is 2. The van der Waals surface area contributed by atoms with Gasteiger partial charge in [0.05, 0.1) is 0 Å². The lowest BCUT2D eigenvalue weighted by atomic mass is 10.2. The Morgan fingerprint density at radius 3 is 2.63 bits per heavy atom. The Bertz CT molecular complexity index is 356. The second-order valence-electron chi connectivity index (χ2n) is 5.60. The molecule has 1 fully saturated rings. The van der Waals surface area contributed by atoms with Crippen LogP contribution in [0, 0.1) is 0 Å². The molecule has 5 nitrogen and oxygen atoms in total. The Kier molecular flexibility index (Phi) is 5.63.